The molecule has 1 saturated carbocycles. The van der Waals surface area contributed by atoms with Crippen LogP contribution in [0.4, 0.5) is 5.82 Å². The molecule has 5 rings (SSSR count). The van der Waals surface area contributed by atoms with Gasteiger partial charge in [-0.05, 0) is 19.8 Å². The van der Waals surface area contributed by atoms with Gasteiger partial charge in [-0.2, -0.15) is 0 Å². The third kappa shape index (κ3) is 3.67. The first kappa shape index (κ1) is 19.8. The number of furan rings is 1. The molecule has 2 aromatic rings. The number of nitrogens with zero attached hydrogens (tertiary/aromatic N) is 5. The molecule has 0 N–H and O–H groups in total. The smallest absolute Gasteiger partial charge is 0.258 e. The Morgan fingerprint density at radius 2 is 1.73 bits per heavy atom. The Balaban J connectivity index is 1.38. The van der Waals surface area contributed by atoms with Gasteiger partial charge in [0.25, 0.3) is 5.91 Å². The number of hydrogen-bond donors (Lipinski definition) is 0. The maximum atomic E-state index is 13.6. The monoisotopic (exact) mass is 413 g/mol. The van der Waals surface area contributed by atoms with E-state index in [0.29, 0.717) is 36.3 Å². The maximum Gasteiger partial charge on any atom is 0.258 e. The van der Waals surface area contributed by atoms with Gasteiger partial charge < -0.3 is 19.0 Å². The summed E-state index contributed by atoms with van der Waals surface area (Å²) < 4.78 is 11.4. The number of anilines is 1. The molecule has 3 fully saturated rings. The summed E-state index contributed by atoms with van der Waals surface area (Å²) >= 11 is 0. The molecule has 0 atom stereocenters. The van der Waals surface area contributed by atoms with Crippen LogP contribution in [-0.4, -0.2) is 84.2 Å². The zero-order valence-corrected chi connectivity index (χ0v) is 17.8. The van der Waals surface area contributed by atoms with E-state index in [9.17, 15) is 4.79 Å². The Bertz CT molecular complexity index is 894. The van der Waals surface area contributed by atoms with Crippen LogP contribution >= 0.6 is 0 Å². The number of morpholine rings is 1. The molecule has 162 valence electrons. The molecule has 3 aliphatic rings. The summed E-state index contributed by atoms with van der Waals surface area (Å²) in [7, 11) is 0. The molecule has 30 heavy (non-hydrogen) atoms. The highest BCUT2D eigenvalue weighted by molar-refractivity contribution is 6.10. The lowest BCUT2D eigenvalue weighted by Crippen LogP contribution is -2.52. The van der Waals surface area contributed by atoms with Crippen LogP contribution in [0.1, 0.15) is 48.2 Å². The predicted octanol–water partition coefficient (Wildman–Crippen LogP) is 2.46. The zero-order valence-electron chi connectivity index (χ0n) is 17.8. The van der Waals surface area contributed by atoms with Crippen LogP contribution in [0.15, 0.2) is 10.7 Å². The van der Waals surface area contributed by atoms with Crippen LogP contribution in [0.2, 0.25) is 0 Å². The number of amides is 1. The number of ether oxygens (including phenoxy) is 1. The summed E-state index contributed by atoms with van der Waals surface area (Å²) in [6, 6.07) is 0.703. The van der Waals surface area contributed by atoms with E-state index >= 15 is 0 Å². The summed E-state index contributed by atoms with van der Waals surface area (Å²) in [5.41, 5.74) is 1.12. The van der Waals surface area contributed by atoms with Gasteiger partial charge in [0.15, 0.2) is 0 Å². The molecule has 8 heteroatoms. The van der Waals surface area contributed by atoms with Crippen molar-refractivity contribution >= 4 is 22.8 Å². The standard InChI is InChI=1S/C22H31N5O3/c1-16-18(19-20(23-15-24-21(19)30-16)26-11-13-29-14-12-26)22(28)27-9-7-25(8-10-27)17-5-3-2-4-6-17/h15,17H,2-14H2,1H3. The van der Waals surface area contributed by atoms with Gasteiger partial charge in [0, 0.05) is 45.3 Å². The van der Waals surface area contributed by atoms with E-state index in [0.717, 1.165) is 50.5 Å². The minimum Gasteiger partial charge on any atom is -0.442 e. The average molecular weight is 414 g/mol. The van der Waals surface area contributed by atoms with Crippen molar-refractivity contribution in [3.63, 3.8) is 0 Å². The zero-order chi connectivity index (χ0) is 20.5. The van der Waals surface area contributed by atoms with Gasteiger partial charge >= 0.3 is 0 Å². The highest BCUT2D eigenvalue weighted by Gasteiger charge is 2.32. The number of piperazine rings is 1. The summed E-state index contributed by atoms with van der Waals surface area (Å²) in [6.45, 7) is 8.13. The van der Waals surface area contributed by atoms with E-state index < -0.39 is 0 Å². The fraction of sp³-hybridized carbons (Fsp3) is 0.682. The highest BCUT2D eigenvalue weighted by Crippen LogP contribution is 2.33. The molecular formula is C22H31N5O3. The predicted molar refractivity (Wildman–Crippen MR) is 114 cm³/mol. The van der Waals surface area contributed by atoms with Crippen molar-refractivity contribution in [2.45, 2.75) is 45.1 Å². The Hall–Kier alpha value is -2.19. The van der Waals surface area contributed by atoms with Gasteiger partial charge in [-0.25, -0.2) is 9.97 Å². The van der Waals surface area contributed by atoms with Crippen LogP contribution in [-0.2, 0) is 4.74 Å². The fourth-order valence-electron chi connectivity index (χ4n) is 5.20. The van der Waals surface area contributed by atoms with E-state index in [1.165, 1.54) is 38.4 Å². The van der Waals surface area contributed by atoms with Crippen LogP contribution in [0.25, 0.3) is 11.1 Å². The van der Waals surface area contributed by atoms with Crippen molar-refractivity contribution < 1.29 is 13.9 Å². The first-order valence-electron chi connectivity index (χ1n) is 11.3. The Morgan fingerprint density at radius 1 is 1.00 bits per heavy atom. The quantitative estimate of drug-likeness (QED) is 0.765. The van der Waals surface area contributed by atoms with Gasteiger partial charge in [-0.15, -0.1) is 0 Å². The van der Waals surface area contributed by atoms with E-state index in [1.807, 2.05) is 11.8 Å². The normalized spacial score (nSPS) is 22.0. The minimum atomic E-state index is 0.0406. The minimum absolute atomic E-state index is 0.0406. The fourth-order valence-corrected chi connectivity index (χ4v) is 5.20. The Labute approximate surface area is 177 Å². The molecule has 4 heterocycles. The second kappa shape index (κ2) is 8.51. The van der Waals surface area contributed by atoms with Crippen LogP contribution < -0.4 is 4.90 Å². The number of carbonyl (C=O) groups excluding carboxylic acids is 1. The molecule has 0 radical (unpaired) electrons. The van der Waals surface area contributed by atoms with Crippen molar-refractivity contribution in [3.05, 3.63) is 17.7 Å². The molecule has 1 aliphatic carbocycles. The lowest BCUT2D eigenvalue weighted by Gasteiger charge is -2.40. The summed E-state index contributed by atoms with van der Waals surface area (Å²) in [5, 5.41) is 0.747. The number of aryl methyl sites for hydroxylation is 1. The summed E-state index contributed by atoms with van der Waals surface area (Å²) in [6.07, 6.45) is 8.19. The molecule has 0 aromatic carbocycles. The second-order valence-electron chi connectivity index (χ2n) is 8.63. The van der Waals surface area contributed by atoms with Crippen LogP contribution in [0, 0.1) is 6.92 Å². The van der Waals surface area contributed by atoms with Crippen LogP contribution in [0.5, 0.6) is 0 Å². The number of rotatable bonds is 3. The van der Waals surface area contributed by atoms with E-state index in [4.69, 9.17) is 9.15 Å². The molecular weight excluding hydrogens is 382 g/mol. The molecule has 2 aromatic heterocycles. The van der Waals surface area contributed by atoms with E-state index in [1.54, 1.807) is 0 Å². The molecule has 8 nitrogen and oxygen atoms in total. The third-order valence-corrected chi connectivity index (χ3v) is 6.86. The van der Waals surface area contributed by atoms with E-state index in [2.05, 4.69) is 19.8 Å². The summed E-state index contributed by atoms with van der Waals surface area (Å²) in [5.74, 6) is 1.45. The SMILES string of the molecule is Cc1oc2ncnc(N3CCOCC3)c2c1C(=O)N1CCN(C2CCCCC2)CC1. The first-order chi connectivity index (χ1) is 14.7. The first-order valence-corrected chi connectivity index (χ1v) is 11.3. The Morgan fingerprint density at radius 3 is 2.47 bits per heavy atom. The summed E-state index contributed by atoms with van der Waals surface area (Å²) in [4.78, 5) is 29.1. The van der Waals surface area contributed by atoms with E-state index in [-0.39, 0.29) is 5.91 Å². The van der Waals surface area contributed by atoms with Crippen molar-refractivity contribution in [2.75, 3.05) is 57.4 Å². The molecule has 2 aliphatic heterocycles. The van der Waals surface area contributed by atoms with Gasteiger partial charge in [0.1, 0.15) is 17.9 Å². The highest BCUT2D eigenvalue weighted by atomic mass is 16.5. The van der Waals surface area contributed by atoms with Crippen molar-refractivity contribution in [3.8, 4) is 0 Å². The Kier molecular flexibility index (Phi) is 5.60. The second-order valence-corrected chi connectivity index (χ2v) is 8.63. The largest absolute Gasteiger partial charge is 0.442 e. The van der Waals surface area contributed by atoms with Crippen molar-refractivity contribution in [2.24, 2.45) is 0 Å². The molecule has 2 saturated heterocycles. The topological polar surface area (TPSA) is 74.9 Å². The molecule has 0 spiro atoms. The number of hydrogen-bond acceptors (Lipinski definition) is 7. The van der Waals surface area contributed by atoms with Crippen molar-refractivity contribution in [1.29, 1.82) is 0 Å². The maximum absolute atomic E-state index is 13.6. The van der Waals surface area contributed by atoms with Gasteiger partial charge in [0.2, 0.25) is 5.71 Å². The lowest BCUT2D eigenvalue weighted by atomic mass is 9.94. The number of aromatic nitrogens is 2. The number of carbonyl (C=O) groups is 1. The van der Waals surface area contributed by atoms with Gasteiger partial charge in [-0.3, -0.25) is 9.69 Å². The van der Waals surface area contributed by atoms with Crippen LogP contribution in [0.3, 0.4) is 0 Å². The third-order valence-electron chi connectivity index (χ3n) is 6.86. The number of fused-ring (bicyclic) bond motifs is 1. The molecule has 0 bridgehead atoms. The average Bonchev–Trinajstić information content (AvgIpc) is 3.15. The van der Waals surface area contributed by atoms with Crippen molar-refractivity contribution in [1.82, 2.24) is 19.8 Å². The molecule has 0 unspecified atom stereocenters. The van der Waals surface area contributed by atoms with Gasteiger partial charge in [0.05, 0.1) is 24.2 Å². The van der Waals surface area contributed by atoms with Gasteiger partial charge in [-0.1, -0.05) is 19.3 Å². The molecule has 1 amide bonds. The lowest BCUT2D eigenvalue weighted by molar-refractivity contribution is 0.0523.